The summed E-state index contributed by atoms with van der Waals surface area (Å²) in [5.74, 6) is 0.474. The third kappa shape index (κ3) is 5.03. The van der Waals surface area contributed by atoms with Crippen LogP contribution in [0, 0.1) is 0 Å². The molecule has 1 saturated heterocycles. The van der Waals surface area contributed by atoms with Crippen molar-refractivity contribution < 1.29 is 9.59 Å². The van der Waals surface area contributed by atoms with E-state index in [9.17, 15) is 9.59 Å². The maximum absolute atomic E-state index is 11.7. The van der Waals surface area contributed by atoms with Gasteiger partial charge in [0, 0.05) is 24.9 Å². The summed E-state index contributed by atoms with van der Waals surface area (Å²) in [5.41, 5.74) is 0. The second kappa shape index (κ2) is 7.75. The fourth-order valence-electron chi connectivity index (χ4n) is 2.59. The average molecular weight is 285 g/mol. The zero-order valence-corrected chi connectivity index (χ0v) is 12.1. The van der Waals surface area contributed by atoms with Gasteiger partial charge in [-0.25, -0.2) is 0 Å². The van der Waals surface area contributed by atoms with Gasteiger partial charge < -0.3 is 16.0 Å². The number of hydrogen-bond acceptors (Lipinski definition) is 4. The van der Waals surface area contributed by atoms with Crippen LogP contribution in [-0.4, -0.2) is 42.1 Å². The van der Waals surface area contributed by atoms with Gasteiger partial charge in [-0.1, -0.05) is 37.4 Å². The number of hydrogen-bond donors (Lipinski definition) is 3. The van der Waals surface area contributed by atoms with Gasteiger partial charge in [-0.3, -0.25) is 9.59 Å². The van der Waals surface area contributed by atoms with Crippen molar-refractivity contribution in [1.82, 2.24) is 16.0 Å². The van der Waals surface area contributed by atoms with Crippen molar-refractivity contribution in [3.63, 3.8) is 0 Å². The molecule has 1 aliphatic carbocycles. The quantitative estimate of drug-likeness (QED) is 0.525. The van der Waals surface area contributed by atoms with Crippen molar-refractivity contribution in [2.75, 3.05) is 18.8 Å². The maximum atomic E-state index is 11.7. The zero-order chi connectivity index (χ0) is 13.5. The molecule has 19 heavy (non-hydrogen) atoms. The van der Waals surface area contributed by atoms with Gasteiger partial charge in [0.1, 0.15) is 6.04 Å². The molecular formula is C13H23N3O2S. The monoisotopic (exact) mass is 285 g/mol. The number of rotatable bonds is 5. The van der Waals surface area contributed by atoms with Crippen molar-refractivity contribution in [2.24, 2.45) is 0 Å². The van der Waals surface area contributed by atoms with E-state index in [0.717, 1.165) is 6.54 Å². The minimum absolute atomic E-state index is 0.0685. The van der Waals surface area contributed by atoms with Crippen molar-refractivity contribution in [1.29, 1.82) is 0 Å². The standard InChI is InChI=1S/C13H23N3O2S/c17-12(11-9-19-13(18)16-11)15-8-7-14-10-5-3-1-2-4-6-10/h10-11,14H,1-9H2,(H,15,17)(H,16,18). The SMILES string of the molecule is O=C1NC(C(=O)NCCNC2CCCCCC2)CS1. The third-order valence-electron chi connectivity index (χ3n) is 3.70. The molecule has 0 aromatic rings. The van der Waals surface area contributed by atoms with E-state index in [-0.39, 0.29) is 17.2 Å². The van der Waals surface area contributed by atoms with Gasteiger partial charge in [0.05, 0.1) is 0 Å². The molecule has 2 fully saturated rings. The molecule has 3 N–H and O–H groups in total. The van der Waals surface area contributed by atoms with Crippen LogP contribution in [-0.2, 0) is 4.79 Å². The Bertz CT molecular complexity index is 317. The van der Waals surface area contributed by atoms with Gasteiger partial charge in [0.2, 0.25) is 5.91 Å². The van der Waals surface area contributed by atoms with Crippen LogP contribution in [0.15, 0.2) is 0 Å². The van der Waals surface area contributed by atoms with Crippen LogP contribution < -0.4 is 16.0 Å². The largest absolute Gasteiger partial charge is 0.353 e. The summed E-state index contributed by atoms with van der Waals surface area (Å²) in [7, 11) is 0. The summed E-state index contributed by atoms with van der Waals surface area (Å²) in [6, 6.07) is 0.261. The van der Waals surface area contributed by atoms with Crippen molar-refractivity contribution in [3.05, 3.63) is 0 Å². The predicted molar refractivity (Wildman–Crippen MR) is 77.3 cm³/mol. The van der Waals surface area contributed by atoms with Gasteiger partial charge in [0.25, 0.3) is 5.24 Å². The van der Waals surface area contributed by atoms with Crippen LogP contribution in [0.2, 0.25) is 0 Å². The molecule has 5 nitrogen and oxygen atoms in total. The summed E-state index contributed by atoms with van der Waals surface area (Å²) < 4.78 is 0. The summed E-state index contributed by atoms with van der Waals surface area (Å²) in [6.45, 7) is 1.44. The second-order valence-electron chi connectivity index (χ2n) is 5.23. The van der Waals surface area contributed by atoms with Gasteiger partial charge in [0.15, 0.2) is 0 Å². The van der Waals surface area contributed by atoms with Gasteiger partial charge in [-0.05, 0) is 12.8 Å². The molecule has 1 aliphatic heterocycles. The second-order valence-corrected chi connectivity index (χ2v) is 6.22. The molecule has 0 aromatic heterocycles. The molecular weight excluding hydrogens is 262 g/mol. The molecule has 2 amide bonds. The Hall–Kier alpha value is -0.750. The Morgan fingerprint density at radius 3 is 2.58 bits per heavy atom. The number of nitrogens with one attached hydrogen (secondary N) is 3. The lowest BCUT2D eigenvalue weighted by molar-refractivity contribution is -0.122. The lowest BCUT2D eigenvalue weighted by Gasteiger charge is -2.17. The van der Waals surface area contributed by atoms with E-state index in [1.54, 1.807) is 0 Å². The fraction of sp³-hybridized carbons (Fsp3) is 0.846. The van der Waals surface area contributed by atoms with Gasteiger partial charge in [-0.2, -0.15) is 0 Å². The van der Waals surface area contributed by atoms with Crippen molar-refractivity contribution in [3.8, 4) is 0 Å². The highest BCUT2D eigenvalue weighted by Gasteiger charge is 2.27. The van der Waals surface area contributed by atoms with Crippen LogP contribution in [0.5, 0.6) is 0 Å². The lowest BCUT2D eigenvalue weighted by Crippen LogP contribution is -2.45. The topological polar surface area (TPSA) is 70.2 Å². The number of thioether (sulfide) groups is 1. The van der Waals surface area contributed by atoms with E-state index in [1.165, 1.54) is 50.3 Å². The smallest absolute Gasteiger partial charge is 0.279 e. The highest BCUT2D eigenvalue weighted by molar-refractivity contribution is 8.14. The minimum atomic E-state index is -0.351. The van der Waals surface area contributed by atoms with E-state index in [0.29, 0.717) is 18.3 Å². The maximum Gasteiger partial charge on any atom is 0.279 e. The molecule has 2 aliphatic rings. The molecule has 1 atom stereocenters. The fourth-order valence-corrected chi connectivity index (χ4v) is 3.37. The molecule has 6 heteroatoms. The van der Waals surface area contributed by atoms with E-state index >= 15 is 0 Å². The van der Waals surface area contributed by atoms with E-state index in [4.69, 9.17) is 0 Å². The first-order valence-corrected chi connectivity index (χ1v) is 8.18. The Kier molecular flexibility index (Phi) is 5.97. The molecule has 0 radical (unpaired) electrons. The molecule has 108 valence electrons. The minimum Gasteiger partial charge on any atom is -0.353 e. The Labute approximate surface area is 118 Å². The molecule has 0 aromatic carbocycles. The van der Waals surface area contributed by atoms with Crippen molar-refractivity contribution >= 4 is 22.9 Å². The molecule has 0 bridgehead atoms. The highest BCUT2D eigenvalue weighted by Crippen LogP contribution is 2.16. The molecule has 0 spiro atoms. The van der Waals surface area contributed by atoms with Crippen LogP contribution in [0.4, 0.5) is 4.79 Å². The highest BCUT2D eigenvalue weighted by atomic mass is 32.2. The summed E-state index contributed by atoms with van der Waals surface area (Å²) >= 11 is 1.17. The lowest BCUT2D eigenvalue weighted by atomic mass is 10.1. The normalized spacial score (nSPS) is 24.8. The summed E-state index contributed by atoms with van der Waals surface area (Å²) in [6.07, 6.45) is 7.85. The van der Waals surface area contributed by atoms with Crippen molar-refractivity contribution in [2.45, 2.75) is 50.6 Å². The van der Waals surface area contributed by atoms with Crippen LogP contribution in [0.1, 0.15) is 38.5 Å². The molecule has 1 heterocycles. The van der Waals surface area contributed by atoms with Crippen LogP contribution >= 0.6 is 11.8 Å². The van der Waals surface area contributed by atoms with E-state index in [1.807, 2.05) is 0 Å². The number of carbonyl (C=O) groups excluding carboxylic acids is 2. The third-order valence-corrected chi connectivity index (χ3v) is 4.58. The first-order valence-electron chi connectivity index (χ1n) is 7.20. The van der Waals surface area contributed by atoms with Gasteiger partial charge >= 0.3 is 0 Å². The van der Waals surface area contributed by atoms with E-state index in [2.05, 4.69) is 16.0 Å². The molecule has 2 rings (SSSR count). The molecule has 1 saturated carbocycles. The first-order chi connectivity index (χ1) is 9.25. The Morgan fingerprint density at radius 2 is 1.95 bits per heavy atom. The van der Waals surface area contributed by atoms with E-state index < -0.39 is 0 Å². The van der Waals surface area contributed by atoms with Crippen LogP contribution in [0.25, 0.3) is 0 Å². The summed E-state index contributed by atoms with van der Waals surface area (Å²) in [5, 5.41) is 8.92. The first kappa shape index (κ1) is 14.7. The predicted octanol–water partition coefficient (Wildman–Crippen LogP) is 1.24. The van der Waals surface area contributed by atoms with Crippen LogP contribution in [0.3, 0.4) is 0 Å². The summed E-state index contributed by atoms with van der Waals surface area (Å²) in [4.78, 5) is 22.7. The molecule has 1 unspecified atom stereocenters. The Morgan fingerprint density at radius 1 is 1.21 bits per heavy atom. The zero-order valence-electron chi connectivity index (χ0n) is 11.2. The Balaban J connectivity index is 1.56. The van der Waals surface area contributed by atoms with Gasteiger partial charge in [-0.15, -0.1) is 0 Å². The number of carbonyl (C=O) groups is 2. The average Bonchev–Trinajstić information content (AvgIpc) is 2.68. The number of amides is 2.